The summed E-state index contributed by atoms with van der Waals surface area (Å²) in [5, 5.41) is 0. The van der Waals surface area contributed by atoms with Crippen LogP contribution in [0.1, 0.15) is 30.1 Å². The van der Waals surface area contributed by atoms with Crippen molar-refractivity contribution in [1.29, 1.82) is 0 Å². The number of epoxide rings is 1. The highest BCUT2D eigenvalue weighted by atomic mass is 16.6. The summed E-state index contributed by atoms with van der Waals surface area (Å²) < 4.78 is 5.18. The van der Waals surface area contributed by atoms with Gasteiger partial charge >= 0.3 is 0 Å². The molecule has 0 bridgehead atoms. The molecule has 1 amide bonds. The quantitative estimate of drug-likeness (QED) is 0.574. The smallest absolute Gasteiger partial charge is 0.276 e. The van der Waals surface area contributed by atoms with Crippen LogP contribution in [0.2, 0.25) is 0 Å². The largest absolute Gasteiger partial charge is 0.367 e. The third-order valence-electron chi connectivity index (χ3n) is 2.48. The lowest BCUT2D eigenvalue weighted by molar-refractivity contribution is 0.100. The molecule has 16 heavy (non-hydrogen) atoms. The molecule has 0 aromatic heterocycles. The Kier molecular flexibility index (Phi) is 3.47. The zero-order chi connectivity index (χ0) is 11.4. The van der Waals surface area contributed by atoms with Gasteiger partial charge in [-0.2, -0.15) is 0 Å². The number of rotatable bonds is 4. The summed E-state index contributed by atoms with van der Waals surface area (Å²) in [4.78, 5) is 16.0. The number of ether oxygens (including phenoxy) is 1. The van der Waals surface area contributed by atoms with Crippen LogP contribution in [-0.2, 0) is 4.74 Å². The lowest BCUT2D eigenvalue weighted by Gasteiger charge is -2.00. The van der Waals surface area contributed by atoms with Crippen molar-refractivity contribution in [3.63, 3.8) is 0 Å². The van der Waals surface area contributed by atoms with Gasteiger partial charge in [-0.1, -0.05) is 31.5 Å². The second-order valence-corrected chi connectivity index (χ2v) is 3.85. The second-order valence-electron chi connectivity index (χ2n) is 3.85. The minimum absolute atomic E-state index is 0.0904. The Morgan fingerprint density at radius 3 is 2.69 bits per heavy atom. The predicted octanol–water partition coefficient (Wildman–Crippen LogP) is 2.47. The highest BCUT2D eigenvalue weighted by Crippen LogP contribution is 2.16. The number of hydrogen-bond donors (Lipinski definition) is 0. The fourth-order valence-corrected chi connectivity index (χ4v) is 1.56. The fraction of sp³-hybridized carbons (Fsp3) is 0.385. The maximum atomic E-state index is 11.8. The van der Waals surface area contributed by atoms with E-state index >= 15 is 0 Å². The molecule has 2 rings (SSSR count). The minimum Gasteiger partial charge on any atom is -0.367 e. The van der Waals surface area contributed by atoms with E-state index in [9.17, 15) is 4.79 Å². The Morgan fingerprint density at radius 2 is 2.12 bits per heavy atom. The van der Waals surface area contributed by atoms with Crippen LogP contribution in [-0.4, -0.2) is 24.3 Å². The molecule has 1 heterocycles. The second kappa shape index (κ2) is 5.03. The van der Waals surface area contributed by atoms with Crippen molar-refractivity contribution in [3.05, 3.63) is 35.9 Å². The molecule has 1 aliphatic heterocycles. The minimum atomic E-state index is -0.167. The highest BCUT2D eigenvalue weighted by molar-refractivity contribution is 6.05. The normalized spacial score (nSPS) is 19.6. The average Bonchev–Trinajstić information content (AvgIpc) is 3.13. The van der Waals surface area contributed by atoms with Crippen LogP contribution in [0.5, 0.6) is 0 Å². The molecule has 3 heteroatoms. The van der Waals surface area contributed by atoms with E-state index in [0.29, 0.717) is 12.2 Å². The molecule has 0 N–H and O–H groups in total. The van der Waals surface area contributed by atoms with Crippen LogP contribution in [0.15, 0.2) is 35.3 Å². The average molecular weight is 217 g/mol. The fourth-order valence-electron chi connectivity index (χ4n) is 1.56. The van der Waals surface area contributed by atoms with E-state index in [1.165, 1.54) is 0 Å². The van der Waals surface area contributed by atoms with Gasteiger partial charge in [0.1, 0.15) is 6.10 Å². The van der Waals surface area contributed by atoms with Crippen molar-refractivity contribution < 1.29 is 9.53 Å². The van der Waals surface area contributed by atoms with Gasteiger partial charge in [-0.05, 0) is 18.6 Å². The lowest BCUT2D eigenvalue weighted by atomic mass is 10.1. The Hall–Kier alpha value is -1.48. The zero-order valence-electron chi connectivity index (χ0n) is 9.35. The molecule has 1 aromatic rings. The van der Waals surface area contributed by atoms with Crippen LogP contribution in [0.3, 0.4) is 0 Å². The Balaban J connectivity index is 2.12. The molecule has 1 atom stereocenters. The Morgan fingerprint density at radius 1 is 1.44 bits per heavy atom. The van der Waals surface area contributed by atoms with E-state index < -0.39 is 0 Å². The number of carbonyl (C=O) groups is 1. The summed E-state index contributed by atoms with van der Waals surface area (Å²) in [7, 11) is 0. The number of benzene rings is 1. The Bertz CT molecular complexity index is 394. The number of amides is 1. The first-order valence-electron chi connectivity index (χ1n) is 5.59. The molecule has 1 saturated heterocycles. The first kappa shape index (κ1) is 11.0. The van der Waals surface area contributed by atoms with Gasteiger partial charge in [0.2, 0.25) is 0 Å². The molecule has 0 radical (unpaired) electrons. The summed E-state index contributed by atoms with van der Waals surface area (Å²) >= 11 is 0. The maximum absolute atomic E-state index is 11.8. The summed E-state index contributed by atoms with van der Waals surface area (Å²) in [5.74, 6) is -0.167. The molecule has 84 valence electrons. The molecular weight excluding hydrogens is 202 g/mol. The number of hydrogen-bond acceptors (Lipinski definition) is 2. The van der Waals surface area contributed by atoms with Crippen LogP contribution in [0.25, 0.3) is 0 Å². The monoisotopic (exact) mass is 217 g/mol. The topological polar surface area (TPSA) is 42.0 Å². The Labute approximate surface area is 95.2 Å². The maximum Gasteiger partial charge on any atom is 0.276 e. The molecule has 3 nitrogen and oxygen atoms in total. The van der Waals surface area contributed by atoms with Crippen molar-refractivity contribution in [1.82, 2.24) is 0 Å². The van der Waals surface area contributed by atoms with E-state index in [-0.39, 0.29) is 12.0 Å². The van der Waals surface area contributed by atoms with Gasteiger partial charge in [0.15, 0.2) is 0 Å². The van der Waals surface area contributed by atoms with Crippen LogP contribution >= 0.6 is 0 Å². The molecule has 1 unspecified atom stereocenters. The van der Waals surface area contributed by atoms with Gasteiger partial charge in [0.25, 0.3) is 5.91 Å². The van der Waals surface area contributed by atoms with Gasteiger partial charge < -0.3 is 4.74 Å². The molecule has 1 fully saturated rings. The first-order valence-corrected chi connectivity index (χ1v) is 5.59. The van der Waals surface area contributed by atoms with E-state index in [4.69, 9.17) is 4.74 Å². The van der Waals surface area contributed by atoms with Crippen molar-refractivity contribution in [2.24, 2.45) is 4.99 Å². The van der Waals surface area contributed by atoms with E-state index in [1.807, 2.05) is 18.2 Å². The van der Waals surface area contributed by atoms with Gasteiger partial charge in [-0.15, -0.1) is 0 Å². The van der Waals surface area contributed by atoms with Crippen molar-refractivity contribution in [3.8, 4) is 0 Å². The SMILES string of the molecule is CCC/C(=N\C(=O)c1ccccc1)C1CO1. The molecule has 1 aromatic carbocycles. The first-order chi connectivity index (χ1) is 7.81. The van der Waals surface area contributed by atoms with E-state index in [0.717, 1.165) is 18.6 Å². The van der Waals surface area contributed by atoms with Crippen molar-refractivity contribution in [2.45, 2.75) is 25.9 Å². The molecule has 0 aliphatic carbocycles. The molecule has 0 spiro atoms. The lowest BCUT2D eigenvalue weighted by Crippen LogP contribution is -2.10. The zero-order valence-corrected chi connectivity index (χ0v) is 9.35. The standard InChI is InChI=1S/C13H15NO2/c1-2-6-11(12-9-16-12)14-13(15)10-7-4-3-5-8-10/h3-5,7-8,12H,2,6,9H2,1H3/b14-11+. The molecule has 0 saturated carbocycles. The highest BCUT2D eigenvalue weighted by Gasteiger charge is 2.28. The number of carbonyl (C=O) groups excluding carboxylic acids is 1. The third-order valence-corrected chi connectivity index (χ3v) is 2.48. The van der Waals surface area contributed by atoms with E-state index in [2.05, 4.69) is 11.9 Å². The third kappa shape index (κ3) is 2.76. The van der Waals surface area contributed by atoms with Crippen LogP contribution in [0.4, 0.5) is 0 Å². The van der Waals surface area contributed by atoms with E-state index in [1.54, 1.807) is 12.1 Å². The summed E-state index contributed by atoms with van der Waals surface area (Å²) in [5.41, 5.74) is 1.52. The summed E-state index contributed by atoms with van der Waals surface area (Å²) in [6, 6.07) is 9.13. The summed E-state index contributed by atoms with van der Waals surface area (Å²) in [6.07, 6.45) is 1.91. The number of nitrogens with zero attached hydrogens (tertiary/aromatic N) is 1. The van der Waals surface area contributed by atoms with Crippen LogP contribution < -0.4 is 0 Å². The van der Waals surface area contributed by atoms with Gasteiger partial charge in [-0.25, -0.2) is 4.99 Å². The van der Waals surface area contributed by atoms with Gasteiger partial charge in [0, 0.05) is 5.56 Å². The van der Waals surface area contributed by atoms with Gasteiger partial charge in [0.05, 0.1) is 12.3 Å². The summed E-state index contributed by atoms with van der Waals surface area (Å²) in [6.45, 7) is 2.78. The molecular formula is C13H15NO2. The van der Waals surface area contributed by atoms with Gasteiger partial charge in [-0.3, -0.25) is 4.79 Å². The van der Waals surface area contributed by atoms with Crippen LogP contribution in [0, 0.1) is 0 Å². The van der Waals surface area contributed by atoms with Crippen molar-refractivity contribution >= 4 is 11.6 Å². The molecule has 1 aliphatic rings. The predicted molar refractivity (Wildman–Crippen MR) is 62.9 cm³/mol. The number of aliphatic imine (C=N–C) groups is 1. The van der Waals surface area contributed by atoms with Crippen molar-refractivity contribution in [2.75, 3.05) is 6.61 Å².